The second-order valence-electron chi connectivity index (χ2n) is 5.60. The molecule has 2 rings (SSSR count). The Kier molecular flexibility index (Phi) is 7.79. The number of ketones is 1. The first kappa shape index (κ1) is 20.7. The first-order valence-corrected chi connectivity index (χ1v) is 8.85. The minimum Gasteiger partial charge on any atom is -0.490 e. The van der Waals surface area contributed by atoms with Crippen molar-refractivity contribution in [3.8, 4) is 17.6 Å². The molecule has 0 fully saturated rings. The maximum atomic E-state index is 12.5. The van der Waals surface area contributed by atoms with Gasteiger partial charge in [-0.3, -0.25) is 4.79 Å². The maximum Gasteiger partial charge on any atom is 0.344 e. The summed E-state index contributed by atoms with van der Waals surface area (Å²) in [5.41, 5.74) is 1.05. The van der Waals surface area contributed by atoms with E-state index < -0.39 is 5.97 Å². The second-order valence-corrected chi connectivity index (χ2v) is 5.60. The molecule has 2 aromatic carbocycles. The van der Waals surface area contributed by atoms with Crippen LogP contribution in [0.2, 0.25) is 0 Å². The van der Waals surface area contributed by atoms with Gasteiger partial charge in [-0.25, -0.2) is 4.79 Å². The molecule has 6 heteroatoms. The van der Waals surface area contributed by atoms with E-state index >= 15 is 0 Å². The van der Waals surface area contributed by atoms with E-state index in [0.717, 1.165) is 0 Å². The molecule has 0 spiro atoms. The van der Waals surface area contributed by atoms with Crippen molar-refractivity contribution in [2.45, 2.75) is 13.8 Å². The smallest absolute Gasteiger partial charge is 0.344 e. The summed E-state index contributed by atoms with van der Waals surface area (Å²) in [6.45, 7) is 3.96. The van der Waals surface area contributed by atoms with Gasteiger partial charge in [-0.15, -0.1) is 0 Å². The lowest BCUT2D eigenvalue weighted by Crippen LogP contribution is -2.15. The number of Topliss-reactive ketones (excluding diaryl/α,β-unsaturated/α-hetero) is 1. The van der Waals surface area contributed by atoms with Crippen molar-refractivity contribution in [2.24, 2.45) is 0 Å². The van der Waals surface area contributed by atoms with Gasteiger partial charge in [0.05, 0.1) is 13.2 Å². The van der Waals surface area contributed by atoms with Crippen LogP contribution in [0, 0.1) is 11.3 Å². The van der Waals surface area contributed by atoms with E-state index in [4.69, 9.17) is 14.2 Å². The molecule has 0 unspecified atom stereocenters. The van der Waals surface area contributed by atoms with Crippen LogP contribution in [0.3, 0.4) is 0 Å². The molecule has 2 aromatic rings. The monoisotopic (exact) mass is 379 g/mol. The Labute approximate surface area is 164 Å². The third kappa shape index (κ3) is 5.71. The van der Waals surface area contributed by atoms with E-state index in [0.29, 0.717) is 29.2 Å². The van der Waals surface area contributed by atoms with Crippen molar-refractivity contribution >= 4 is 17.8 Å². The number of carbonyl (C=O) groups excluding carboxylic acids is 2. The minimum absolute atomic E-state index is 0.00819. The zero-order chi connectivity index (χ0) is 20.4. The zero-order valence-electron chi connectivity index (χ0n) is 15.8. The number of hydrogen-bond acceptors (Lipinski definition) is 6. The summed E-state index contributed by atoms with van der Waals surface area (Å²) >= 11 is 0. The molecule has 0 saturated heterocycles. The molecule has 0 N–H and O–H groups in total. The SMILES string of the molecule is CCOC(=O)COc1ccc(/C=C(\C#N)C(=O)c2ccccc2)cc1OCC. The van der Waals surface area contributed by atoms with Crippen molar-refractivity contribution < 1.29 is 23.8 Å². The fourth-order valence-corrected chi connectivity index (χ4v) is 2.40. The Morgan fingerprint density at radius 3 is 2.39 bits per heavy atom. The van der Waals surface area contributed by atoms with Crippen molar-refractivity contribution in [3.63, 3.8) is 0 Å². The van der Waals surface area contributed by atoms with Gasteiger partial charge in [0.1, 0.15) is 11.6 Å². The van der Waals surface area contributed by atoms with Crippen molar-refractivity contribution in [1.82, 2.24) is 0 Å². The van der Waals surface area contributed by atoms with Crippen LogP contribution < -0.4 is 9.47 Å². The molecular formula is C22H21NO5. The summed E-state index contributed by atoms with van der Waals surface area (Å²) in [6, 6.07) is 15.5. The Bertz CT molecular complexity index is 897. The van der Waals surface area contributed by atoms with Crippen molar-refractivity contribution in [2.75, 3.05) is 19.8 Å². The lowest BCUT2D eigenvalue weighted by molar-refractivity contribution is -0.145. The normalized spacial score (nSPS) is 10.7. The summed E-state index contributed by atoms with van der Waals surface area (Å²) in [5.74, 6) is -0.0530. The Morgan fingerprint density at radius 2 is 1.75 bits per heavy atom. The van der Waals surface area contributed by atoms with Gasteiger partial charge in [-0.1, -0.05) is 36.4 Å². The third-order valence-electron chi connectivity index (χ3n) is 3.63. The highest BCUT2D eigenvalue weighted by Gasteiger charge is 2.13. The topological polar surface area (TPSA) is 85.6 Å². The molecule has 144 valence electrons. The fourth-order valence-electron chi connectivity index (χ4n) is 2.40. The molecule has 0 aromatic heterocycles. The molecule has 0 radical (unpaired) electrons. The first-order valence-electron chi connectivity index (χ1n) is 8.85. The van der Waals surface area contributed by atoms with E-state index in [2.05, 4.69) is 0 Å². The highest BCUT2D eigenvalue weighted by atomic mass is 16.6. The second kappa shape index (κ2) is 10.5. The van der Waals surface area contributed by atoms with E-state index in [1.807, 2.05) is 13.0 Å². The summed E-state index contributed by atoms with van der Waals surface area (Å²) in [5, 5.41) is 9.40. The number of nitriles is 1. The molecule has 6 nitrogen and oxygen atoms in total. The fraction of sp³-hybridized carbons (Fsp3) is 0.227. The molecule has 0 bridgehead atoms. The summed E-state index contributed by atoms with van der Waals surface area (Å²) in [4.78, 5) is 24.0. The number of benzene rings is 2. The average molecular weight is 379 g/mol. The van der Waals surface area contributed by atoms with E-state index in [1.54, 1.807) is 55.5 Å². The summed E-state index contributed by atoms with van der Waals surface area (Å²) in [6.07, 6.45) is 1.49. The Balaban J connectivity index is 2.26. The van der Waals surface area contributed by atoms with Gasteiger partial charge >= 0.3 is 5.97 Å². The molecule has 0 aliphatic rings. The number of ether oxygens (including phenoxy) is 3. The number of hydrogen-bond donors (Lipinski definition) is 0. The number of esters is 1. The molecule has 0 saturated carbocycles. The van der Waals surface area contributed by atoms with E-state index in [1.165, 1.54) is 6.08 Å². The number of rotatable bonds is 9. The van der Waals surface area contributed by atoms with Gasteiger partial charge in [0.25, 0.3) is 0 Å². The van der Waals surface area contributed by atoms with Crippen LogP contribution in [0.5, 0.6) is 11.5 Å². The van der Waals surface area contributed by atoms with Crippen LogP contribution in [0.25, 0.3) is 6.08 Å². The van der Waals surface area contributed by atoms with Gasteiger partial charge in [0.15, 0.2) is 18.1 Å². The van der Waals surface area contributed by atoms with Crippen molar-refractivity contribution in [1.29, 1.82) is 5.26 Å². The number of carbonyl (C=O) groups is 2. The molecule has 0 aliphatic carbocycles. The van der Waals surface area contributed by atoms with E-state index in [-0.39, 0.29) is 24.6 Å². The average Bonchev–Trinajstić information content (AvgIpc) is 2.72. The van der Waals surface area contributed by atoms with Crippen LogP contribution in [-0.4, -0.2) is 31.6 Å². The lowest BCUT2D eigenvalue weighted by Gasteiger charge is -2.12. The molecule has 28 heavy (non-hydrogen) atoms. The predicted octanol–water partition coefficient (Wildman–Crippen LogP) is 3.82. The highest BCUT2D eigenvalue weighted by Crippen LogP contribution is 2.29. The third-order valence-corrected chi connectivity index (χ3v) is 3.63. The van der Waals surface area contributed by atoms with Crippen LogP contribution in [0.4, 0.5) is 0 Å². The summed E-state index contributed by atoms with van der Waals surface area (Å²) in [7, 11) is 0. The summed E-state index contributed by atoms with van der Waals surface area (Å²) < 4.78 is 15.8. The van der Waals surface area contributed by atoms with Crippen LogP contribution in [0.1, 0.15) is 29.8 Å². The Morgan fingerprint density at radius 1 is 1.00 bits per heavy atom. The van der Waals surface area contributed by atoms with Gasteiger partial charge in [0.2, 0.25) is 5.78 Å². The van der Waals surface area contributed by atoms with Crippen LogP contribution in [-0.2, 0) is 9.53 Å². The van der Waals surface area contributed by atoms with Crippen LogP contribution >= 0.6 is 0 Å². The molecule has 0 heterocycles. The maximum absolute atomic E-state index is 12.5. The molecule has 0 aliphatic heterocycles. The van der Waals surface area contributed by atoms with Crippen LogP contribution in [0.15, 0.2) is 54.1 Å². The van der Waals surface area contributed by atoms with Crippen molar-refractivity contribution in [3.05, 3.63) is 65.2 Å². The van der Waals surface area contributed by atoms with Gasteiger partial charge in [-0.2, -0.15) is 5.26 Å². The largest absolute Gasteiger partial charge is 0.490 e. The molecular weight excluding hydrogens is 358 g/mol. The zero-order valence-corrected chi connectivity index (χ0v) is 15.8. The van der Waals surface area contributed by atoms with Gasteiger partial charge in [-0.05, 0) is 37.6 Å². The minimum atomic E-state index is -0.478. The van der Waals surface area contributed by atoms with Gasteiger partial charge in [0, 0.05) is 5.56 Å². The molecule has 0 amide bonds. The highest BCUT2D eigenvalue weighted by molar-refractivity contribution is 6.14. The number of allylic oxidation sites excluding steroid dienone is 1. The standard InChI is InChI=1S/C22H21NO5/c1-3-26-20-13-16(10-11-19(20)28-15-21(24)27-4-2)12-18(14-23)22(25)17-8-6-5-7-9-17/h5-13H,3-4,15H2,1-2H3/b18-12+. The first-order chi connectivity index (χ1) is 13.6. The molecule has 0 atom stereocenters. The lowest BCUT2D eigenvalue weighted by atomic mass is 10.0. The van der Waals surface area contributed by atoms with Gasteiger partial charge < -0.3 is 14.2 Å². The quantitative estimate of drug-likeness (QED) is 0.285. The van der Waals surface area contributed by atoms with E-state index in [9.17, 15) is 14.9 Å². The Hall–Kier alpha value is -3.59. The predicted molar refractivity (Wildman–Crippen MR) is 104 cm³/mol. The number of nitrogens with zero attached hydrogens (tertiary/aromatic N) is 1.